The summed E-state index contributed by atoms with van der Waals surface area (Å²) in [7, 11) is -2.28. The average molecular weight is 707 g/mol. The summed E-state index contributed by atoms with van der Waals surface area (Å²) in [6.07, 6.45) is 0.123. The molecule has 2 amide bonds. The summed E-state index contributed by atoms with van der Waals surface area (Å²) < 4.78 is 30.3. The summed E-state index contributed by atoms with van der Waals surface area (Å²) >= 11 is 0. The smallest absolute Gasteiger partial charge is 0.245 e. The minimum atomic E-state index is -4.01. The molecule has 264 valence electrons. The lowest BCUT2D eigenvalue weighted by molar-refractivity contribution is -0.136. The van der Waals surface area contributed by atoms with Gasteiger partial charge >= 0.3 is 0 Å². The van der Waals surface area contributed by atoms with Crippen molar-refractivity contribution in [2.75, 3.05) is 20.1 Å². The van der Waals surface area contributed by atoms with Crippen LogP contribution in [0.3, 0.4) is 0 Å². The van der Waals surface area contributed by atoms with Crippen LogP contribution in [0.15, 0.2) is 89.8 Å². The van der Waals surface area contributed by atoms with Crippen LogP contribution in [0.1, 0.15) is 68.0 Å². The fraction of sp³-hybridized carbons (Fsp3) is 0.385. The second-order valence-corrected chi connectivity index (χ2v) is 14.6. The van der Waals surface area contributed by atoms with Crippen LogP contribution < -0.4 is 10.0 Å². The molecule has 0 saturated heterocycles. The molecule has 2 atom stereocenters. The van der Waals surface area contributed by atoms with E-state index in [1.54, 1.807) is 30.1 Å². The molecule has 0 fully saturated rings. The monoisotopic (exact) mass is 706 g/mol. The molecule has 0 heterocycles. The minimum Gasteiger partial charge on any atom is -0.344 e. The van der Waals surface area contributed by atoms with E-state index in [2.05, 4.69) is 40.9 Å². The average Bonchev–Trinajstić information content (AvgIpc) is 3.07. The molecule has 4 aromatic rings. The van der Waals surface area contributed by atoms with Crippen LogP contribution in [0.25, 0.3) is 10.8 Å². The Balaban J connectivity index is 0.00000650. The molecule has 0 aromatic heterocycles. The van der Waals surface area contributed by atoms with Crippen molar-refractivity contribution >= 4 is 45.0 Å². The first-order valence-corrected chi connectivity index (χ1v) is 18.2. The van der Waals surface area contributed by atoms with Gasteiger partial charge in [-0.25, -0.2) is 13.1 Å². The molecule has 49 heavy (non-hydrogen) atoms. The third kappa shape index (κ3) is 10.6. The lowest BCUT2D eigenvalue weighted by Gasteiger charge is -2.28. The second kappa shape index (κ2) is 17.8. The molecule has 4 aromatic carbocycles. The molecule has 2 unspecified atom stereocenters. The minimum absolute atomic E-state index is 0. The van der Waals surface area contributed by atoms with Gasteiger partial charge in [0.2, 0.25) is 21.8 Å². The summed E-state index contributed by atoms with van der Waals surface area (Å²) in [4.78, 5) is 31.5. The zero-order chi connectivity index (χ0) is 35.0. The van der Waals surface area contributed by atoms with Gasteiger partial charge < -0.3 is 10.2 Å². The highest BCUT2D eigenvalue weighted by atomic mass is 35.5. The van der Waals surface area contributed by atoms with Gasteiger partial charge in [-0.05, 0) is 91.5 Å². The molecular weight excluding hydrogens is 656 g/mol. The molecule has 0 radical (unpaired) electrons. The quantitative estimate of drug-likeness (QED) is 0.143. The number of halogens is 1. The highest BCUT2D eigenvalue weighted by molar-refractivity contribution is 7.89. The number of likely N-dealkylation sites (N-methyl/N-ethyl adjacent to an activating group) is 1. The van der Waals surface area contributed by atoms with Crippen LogP contribution >= 0.6 is 12.4 Å². The van der Waals surface area contributed by atoms with E-state index < -0.39 is 28.0 Å². The maximum atomic E-state index is 13.8. The maximum absolute atomic E-state index is 13.8. The van der Waals surface area contributed by atoms with Gasteiger partial charge in [-0.3, -0.25) is 14.5 Å². The van der Waals surface area contributed by atoms with Crippen LogP contribution in [-0.2, 0) is 32.6 Å². The molecule has 0 bridgehead atoms. The van der Waals surface area contributed by atoms with E-state index in [1.807, 2.05) is 82.3 Å². The number of benzene rings is 4. The van der Waals surface area contributed by atoms with Crippen molar-refractivity contribution in [1.29, 1.82) is 0 Å². The van der Waals surface area contributed by atoms with Gasteiger partial charge in [-0.15, -0.1) is 12.4 Å². The Morgan fingerprint density at radius 2 is 1.43 bits per heavy atom. The number of rotatable bonds is 15. The van der Waals surface area contributed by atoms with Crippen molar-refractivity contribution in [2.45, 2.75) is 83.9 Å². The van der Waals surface area contributed by atoms with Crippen molar-refractivity contribution in [3.05, 3.63) is 113 Å². The van der Waals surface area contributed by atoms with Gasteiger partial charge in [0.1, 0.15) is 6.04 Å². The van der Waals surface area contributed by atoms with Crippen molar-refractivity contribution in [2.24, 2.45) is 0 Å². The Morgan fingerprint density at radius 1 is 0.796 bits per heavy atom. The summed E-state index contributed by atoms with van der Waals surface area (Å²) in [5, 5.41) is 4.70. The summed E-state index contributed by atoms with van der Waals surface area (Å²) in [6, 6.07) is 24.6. The molecule has 0 spiro atoms. The largest absolute Gasteiger partial charge is 0.344 e. The number of hydrogen-bond donors (Lipinski definition) is 2. The predicted octanol–water partition coefficient (Wildman–Crippen LogP) is 6.72. The van der Waals surface area contributed by atoms with Crippen LogP contribution in [0.2, 0.25) is 0 Å². The topological polar surface area (TPSA) is 98.8 Å². The van der Waals surface area contributed by atoms with Gasteiger partial charge in [0.05, 0.1) is 10.9 Å². The number of carbonyl (C=O) groups excluding carboxylic acids is 2. The van der Waals surface area contributed by atoms with E-state index in [0.29, 0.717) is 12.0 Å². The lowest BCUT2D eigenvalue weighted by Crippen LogP contribution is -2.50. The normalized spacial score (nSPS) is 12.8. The molecule has 8 nitrogen and oxygen atoms in total. The zero-order valence-electron chi connectivity index (χ0n) is 29.7. The van der Waals surface area contributed by atoms with Gasteiger partial charge in [-0.1, -0.05) is 86.6 Å². The van der Waals surface area contributed by atoms with E-state index in [-0.39, 0.29) is 35.7 Å². The standard InChI is InChI=1S/C39H50N4O4S.ClH/c1-8-43(9-2)26-31-17-15-30(16-18-31)23-37(39(45)42(7)27(3)4)40-38(44)25-36(34-19-14-28(5)29(6)22-34)41-48(46,47)35-21-20-32-12-10-11-13-33(32)24-35;/h10-22,24,27,36-37,41H,8-9,23,25-26H2,1-7H3,(H,40,44);1H. The highest BCUT2D eigenvalue weighted by Gasteiger charge is 2.29. The zero-order valence-corrected chi connectivity index (χ0v) is 31.3. The third-order valence-corrected chi connectivity index (χ3v) is 10.6. The van der Waals surface area contributed by atoms with E-state index in [4.69, 9.17) is 0 Å². The number of carbonyl (C=O) groups is 2. The maximum Gasteiger partial charge on any atom is 0.245 e. The van der Waals surface area contributed by atoms with Gasteiger partial charge in [0.15, 0.2) is 0 Å². The lowest BCUT2D eigenvalue weighted by atomic mass is 9.98. The van der Waals surface area contributed by atoms with E-state index in [9.17, 15) is 18.0 Å². The molecule has 0 saturated carbocycles. The molecule has 0 aliphatic carbocycles. The number of amides is 2. The Hall–Kier alpha value is -3.76. The molecule has 4 rings (SSSR count). The van der Waals surface area contributed by atoms with Gasteiger partial charge in [-0.2, -0.15) is 0 Å². The first kappa shape index (κ1) is 39.7. The number of hydrogen-bond acceptors (Lipinski definition) is 5. The van der Waals surface area contributed by atoms with Crippen molar-refractivity contribution < 1.29 is 18.0 Å². The van der Waals surface area contributed by atoms with E-state index in [0.717, 1.165) is 47.1 Å². The Labute approximate surface area is 298 Å². The Bertz CT molecular complexity index is 1820. The fourth-order valence-electron chi connectivity index (χ4n) is 5.66. The number of nitrogens with one attached hydrogen (secondary N) is 2. The molecular formula is C39H51ClN4O4S. The highest BCUT2D eigenvalue weighted by Crippen LogP contribution is 2.25. The van der Waals surface area contributed by atoms with Crippen molar-refractivity contribution in [1.82, 2.24) is 19.8 Å². The molecule has 0 aliphatic rings. The first-order valence-electron chi connectivity index (χ1n) is 16.8. The summed E-state index contributed by atoms with van der Waals surface area (Å²) in [5.41, 5.74) is 4.83. The number of fused-ring (bicyclic) bond motifs is 1. The van der Waals surface area contributed by atoms with Crippen molar-refractivity contribution in [3.8, 4) is 0 Å². The van der Waals surface area contributed by atoms with Crippen LogP contribution in [0.5, 0.6) is 0 Å². The first-order chi connectivity index (χ1) is 22.8. The summed E-state index contributed by atoms with van der Waals surface area (Å²) in [5.74, 6) is -0.627. The number of sulfonamides is 1. The summed E-state index contributed by atoms with van der Waals surface area (Å²) in [6.45, 7) is 14.8. The van der Waals surface area contributed by atoms with Gasteiger partial charge in [0, 0.05) is 32.5 Å². The van der Waals surface area contributed by atoms with Gasteiger partial charge in [0.25, 0.3) is 0 Å². The van der Waals surface area contributed by atoms with E-state index >= 15 is 0 Å². The second-order valence-electron chi connectivity index (χ2n) is 12.9. The van der Waals surface area contributed by atoms with Crippen LogP contribution in [0.4, 0.5) is 0 Å². The fourth-order valence-corrected chi connectivity index (χ4v) is 6.92. The Morgan fingerprint density at radius 3 is 2.04 bits per heavy atom. The van der Waals surface area contributed by atoms with Crippen molar-refractivity contribution in [3.63, 3.8) is 0 Å². The number of nitrogens with zero attached hydrogens (tertiary/aromatic N) is 2. The number of aryl methyl sites for hydroxylation is 2. The SMILES string of the molecule is CCN(CC)Cc1ccc(CC(NC(=O)CC(NS(=O)(=O)c2ccc3ccccc3c2)c2ccc(C)c(C)c2)C(=O)N(C)C(C)C)cc1.Cl. The molecule has 2 N–H and O–H groups in total. The van der Waals surface area contributed by atoms with Crippen LogP contribution in [0, 0.1) is 13.8 Å². The molecule has 10 heteroatoms. The van der Waals surface area contributed by atoms with E-state index in [1.165, 1.54) is 5.56 Å². The third-order valence-electron chi connectivity index (χ3n) is 9.17. The predicted molar refractivity (Wildman–Crippen MR) is 201 cm³/mol. The van der Waals surface area contributed by atoms with Crippen LogP contribution in [-0.4, -0.2) is 62.3 Å². The Kier molecular flexibility index (Phi) is 14.4. The molecule has 0 aliphatic heterocycles.